The van der Waals surface area contributed by atoms with Gasteiger partial charge in [0.05, 0.1) is 12.7 Å². The minimum absolute atomic E-state index is 0.123. The molecule has 78 valence electrons. The van der Waals surface area contributed by atoms with E-state index >= 15 is 0 Å². The van der Waals surface area contributed by atoms with Crippen LogP contribution < -0.4 is 4.74 Å². The average Bonchev–Trinajstić information content (AvgIpc) is 2.07. The van der Waals surface area contributed by atoms with E-state index in [1.165, 1.54) is 7.11 Å². The lowest BCUT2D eigenvalue weighted by molar-refractivity contribution is 0.0749. The van der Waals surface area contributed by atoms with Gasteiger partial charge >= 0.3 is 0 Å². The molecule has 0 radical (unpaired) electrons. The highest BCUT2D eigenvalue weighted by atomic mass is 19.1. The molecule has 2 nitrogen and oxygen atoms in total. The first-order valence-electron chi connectivity index (χ1n) is 4.44. The average molecular weight is 198 g/mol. The summed E-state index contributed by atoms with van der Waals surface area (Å²) in [5.41, 5.74) is -0.127. The summed E-state index contributed by atoms with van der Waals surface area (Å²) in [5.74, 6) is -0.287. The molecule has 0 aromatic heterocycles. The summed E-state index contributed by atoms with van der Waals surface area (Å²) in [5, 5.41) is 9.77. The quantitative estimate of drug-likeness (QED) is 0.790. The molecule has 0 unspecified atom stereocenters. The first-order chi connectivity index (χ1) is 6.38. The summed E-state index contributed by atoms with van der Waals surface area (Å²) in [4.78, 5) is 0. The summed E-state index contributed by atoms with van der Waals surface area (Å²) in [6.07, 6.45) is 0. The predicted octanol–water partition coefficient (Wildman–Crippen LogP) is 2.37. The van der Waals surface area contributed by atoms with Crippen molar-refractivity contribution in [1.29, 1.82) is 0 Å². The lowest BCUT2D eigenvalue weighted by atomic mass is 9.96. The van der Waals surface area contributed by atoms with Crippen molar-refractivity contribution in [3.8, 4) is 5.75 Å². The topological polar surface area (TPSA) is 29.5 Å². The van der Waals surface area contributed by atoms with Gasteiger partial charge in [0.1, 0.15) is 0 Å². The molecule has 1 aromatic rings. The maximum atomic E-state index is 13.6. The fourth-order valence-electron chi connectivity index (χ4n) is 1.34. The molecule has 0 atom stereocenters. The molecule has 0 amide bonds. The van der Waals surface area contributed by atoms with E-state index in [2.05, 4.69) is 0 Å². The summed E-state index contributed by atoms with van der Waals surface area (Å²) in [6, 6.07) is 3.31. The van der Waals surface area contributed by atoms with Crippen LogP contribution in [-0.4, -0.2) is 12.2 Å². The van der Waals surface area contributed by atoms with Crippen LogP contribution in [0.3, 0.4) is 0 Å². The van der Waals surface area contributed by atoms with E-state index in [1.807, 2.05) is 0 Å². The molecule has 3 heteroatoms. The van der Waals surface area contributed by atoms with Crippen molar-refractivity contribution >= 4 is 0 Å². The van der Waals surface area contributed by atoms with Crippen molar-refractivity contribution in [3.05, 3.63) is 29.1 Å². The molecule has 0 aliphatic heterocycles. The molecule has 0 fully saturated rings. The third-order valence-electron chi connectivity index (χ3n) is 2.15. The van der Waals surface area contributed by atoms with Gasteiger partial charge in [-0.25, -0.2) is 4.39 Å². The molecule has 0 saturated heterocycles. The summed E-state index contributed by atoms with van der Waals surface area (Å²) in [6.45, 7) is 4.85. The number of aliphatic hydroxyl groups is 1. The largest absolute Gasteiger partial charge is 0.493 e. The Labute approximate surface area is 83.3 Å². The van der Waals surface area contributed by atoms with E-state index < -0.39 is 11.4 Å². The number of methoxy groups -OCH3 is 1. The highest BCUT2D eigenvalue weighted by molar-refractivity contribution is 5.41. The first-order valence-corrected chi connectivity index (χ1v) is 4.44. The van der Waals surface area contributed by atoms with Crippen molar-refractivity contribution in [3.63, 3.8) is 0 Å². The predicted molar refractivity (Wildman–Crippen MR) is 52.9 cm³/mol. The molecular formula is C11H15FO2. The number of rotatable bonds is 2. The van der Waals surface area contributed by atoms with Gasteiger partial charge in [-0.05, 0) is 26.3 Å². The normalized spacial score (nSPS) is 11.6. The van der Waals surface area contributed by atoms with E-state index in [9.17, 15) is 9.50 Å². The van der Waals surface area contributed by atoms with Crippen LogP contribution in [-0.2, 0) is 5.60 Å². The van der Waals surface area contributed by atoms with Crippen molar-refractivity contribution in [1.82, 2.24) is 0 Å². The van der Waals surface area contributed by atoms with Crippen LogP contribution in [0.4, 0.5) is 4.39 Å². The van der Waals surface area contributed by atoms with Gasteiger partial charge in [-0.2, -0.15) is 0 Å². The molecule has 0 saturated carbocycles. The van der Waals surface area contributed by atoms with Gasteiger partial charge in [-0.1, -0.05) is 12.1 Å². The Balaban J connectivity index is 3.39. The molecule has 1 aromatic carbocycles. The SMILES string of the molecule is COc1c(C(C)(C)O)ccc(C)c1F. The molecule has 1 rings (SSSR count). The van der Waals surface area contributed by atoms with Crippen LogP contribution in [0.2, 0.25) is 0 Å². The van der Waals surface area contributed by atoms with E-state index in [-0.39, 0.29) is 5.75 Å². The first kappa shape index (κ1) is 11.0. The van der Waals surface area contributed by atoms with E-state index in [0.717, 1.165) is 0 Å². The fraction of sp³-hybridized carbons (Fsp3) is 0.455. The maximum absolute atomic E-state index is 13.6. The number of hydrogen-bond donors (Lipinski definition) is 1. The highest BCUT2D eigenvalue weighted by Crippen LogP contribution is 2.32. The lowest BCUT2D eigenvalue weighted by Gasteiger charge is -2.21. The Kier molecular flexibility index (Phi) is 2.81. The van der Waals surface area contributed by atoms with Crippen LogP contribution in [0.15, 0.2) is 12.1 Å². The fourth-order valence-corrected chi connectivity index (χ4v) is 1.34. The molecule has 0 aliphatic rings. The number of halogens is 1. The Morgan fingerprint density at radius 2 is 1.93 bits per heavy atom. The van der Waals surface area contributed by atoms with Crippen molar-refractivity contribution in [2.45, 2.75) is 26.4 Å². The second-order valence-corrected chi connectivity index (χ2v) is 3.84. The second-order valence-electron chi connectivity index (χ2n) is 3.84. The standard InChI is InChI=1S/C11H15FO2/c1-7-5-6-8(11(2,3)13)10(14-4)9(7)12/h5-6,13H,1-4H3. The maximum Gasteiger partial charge on any atom is 0.168 e. The van der Waals surface area contributed by atoms with E-state index in [4.69, 9.17) is 4.74 Å². The van der Waals surface area contributed by atoms with E-state index in [0.29, 0.717) is 11.1 Å². The van der Waals surface area contributed by atoms with Crippen molar-refractivity contribution < 1.29 is 14.2 Å². The smallest absolute Gasteiger partial charge is 0.168 e. The Morgan fingerprint density at radius 1 is 1.36 bits per heavy atom. The van der Waals surface area contributed by atoms with Gasteiger partial charge in [-0.15, -0.1) is 0 Å². The van der Waals surface area contributed by atoms with Gasteiger partial charge in [0.2, 0.25) is 0 Å². The third kappa shape index (κ3) is 1.87. The van der Waals surface area contributed by atoms with Crippen LogP contribution in [0.5, 0.6) is 5.75 Å². The zero-order valence-electron chi connectivity index (χ0n) is 8.89. The second kappa shape index (κ2) is 3.58. The summed E-state index contributed by atoms with van der Waals surface area (Å²) < 4.78 is 18.5. The highest BCUT2D eigenvalue weighted by Gasteiger charge is 2.23. The van der Waals surface area contributed by atoms with Crippen molar-refractivity contribution in [2.75, 3.05) is 7.11 Å². The molecule has 0 spiro atoms. The molecule has 14 heavy (non-hydrogen) atoms. The van der Waals surface area contributed by atoms with Crippen LogP contribution >= 0.6 is 0 Å². The minimum Gasteiger partial charge on any atom is -0.493 e. The Morgan fingerprint density at radius 3 is 2.36 bits per heavy atom. The van der Waals surface area contributed by atoms with Gasteiger partial charge in [0, 0.05) is 5.56 Å². The molecule has 0 aliphatic carbocycles. The van der Waals surface area contributed by atoms with Crippen LogP contribution in [0, 0.1) is 12.7 Å². The monoisotopic (exact) mass is 198 g/mol. The number of aryl methyl sites for hydroxylation is 1. The zero-order chi connectivity index (χ0) is 10.9. The minimum atomic E-state index is -1.10. The van der Waals surface area contributed by atoms with Gasteiger partial charge in [-0.3, -0.25) is 0 Å². The van der Waals surface area contributed by atoms with Gasteiger partial charge in [0.15, 0.2) is 11.6 Å². The van der Waals surface area contributed by atoms with Crippen LogP contribution in [0.1, 0.15) is 25.0 Å². The van der Waals surface area contributed by atoms with Gasteiger partial charge < -0.3 is 9.84 Å². The molecule has 0 heterocycles. The zero-order valence-corrected chi connectivity index (χ0v) is 8.89. The third-order valence-corrected chi connectivity index (χ3v) is 2.15. The lowest BCUT2D eigenvalue weighted by Crippen LogP contribution is -2.17. The summed E-state index contributed by atoms with van der Waals surface area (Å²) >= 11 is 0. The van der Waals surface area contributed by atoms with Crippen molar-refractivity contribution in [2.24, 2.45) is 0 Å². The van der Waals surface area contributed by atoms with Crippen LogP contribution in [0.25, 0.3) is 0 Å². The molecular weight excluding hydrogens is 183 g/mol. The number of hydrogen-bond acceptors (Lipinski definition) is 2. The number of ether oxygens (including phenoxy) is 1. The Bertz CT molecular complexity index is 340. The number of benzene rings is 1. The molecule has 0 bridgehead atoms. The summed E-state index contributed by atoms with van der Waals surface area (Å²) in [7, 11) is 1.40. The van der Waals surface area contributed by atoms with E-state index in [1.54, 1.807) is 32.9 Å². The molecule has 1 N–H and O–H groups in total. The Hall–Kier alpha value is -1.09. The van der Waals surface area contributed by atoms with Gasteiger partial charge in [0.25, 0.3) is 0 Å².